The fourth-order valence-electron chi connectivity index (χ4n) is 3.54. The smallest absolute Gasteiger partial charge is 0.263 e. The Balaban J connectivity index is 1.42. The number of fused-ring (bicyclic) bond motifs is 1. The first-order valence-electron chi connectivity index (χ1n) is 9.87. The molecule has 0 radical (unpaired) electrons. The van der Waals surface area contributed by atoms with E-state index < -0.39 is 6.10 Å². The Labute approximate surface area is 179 Å². The molecule has 8 heteroatoms. The third-order valence-electron chi connectivity index (χ3n) is 5.16. The summed E-state index contributed by atoms with van der Waals surface area (Å²) < 4.78 is 17.7. The van der Waals surface area contributed by atoms with Crippen LogP contribution in [0.15, 0.2) is 42.5 Å². The average Bonchev–Trinajstić information content (AvgIpc) is 3.24. The number of para-hydroxylation sites is 1. The minimum absolute atomic E-state index is 0.00569. The highest BCUT2D eigenvalue weighted by Gasteiger charge is 2.27. The van der Waals surface area contributed by atoms with Gasteiger partial charge in [0.2, 0.25) is 0 Å². The van der Waals surface area contributed by atoms with Crippen LogP contribution in [0.1, 0.15) is 6.92 Å². The Hall–Kier alpha value is -3.00. The van der Waals surface area contributed by atoms with E-state index in [0.717, 1.165) is 26.8 Å². The van der Waals surface area contributed by atoms with Crippen LogP contribution < -0.4 is 19.1 Å². The van der Waals surface area contributed by atoms with Crippen molar-refractivity contribution in [1.82, 2.24) is 9.88 Å². The van der Waals surface area contributed by atoms with E-state index in [1.807, 2.05) is 47.4 Å². The van der Waals surface area contributed by atoms with Crippen LogP contribution in [0.25, 0.3) is 10.2 Å². The molecule has 3 aromatic rings. The molecule has 0 saturated carbocycles. The quantitative estimate of drug-likeness (QED) is 0.601. The lowest BCUT2D eigenvalue weighted by Crippen LogP contribution is -2.52. The van der Waals surface area contributed by atoms with Gasteiger partial charge in [0.15, 0.2) is 11.2 Å². The summed E-state index contributed by atoms with van der Waals surface area (Å²) in [5.74, 6) is 2.23. The van der Waals surface area contributed by atoms with Gasteiger partial charge in [-0.3, -0.25) is 4.79 Å². The number of rotatable bonds is 6. The molecule has 0 aliphatic carbocycles. The molecule has 0 N–H and O–H groups in total. The van der Waals surface area contributed by atoms with E-state index in [1.165, 1.54) is 0 Å². The number of thiazole rings is 1. The highest BCUT2D eigenvalue weighted by Crippen LogP contribution is 2.40. The lowest BCUT2D eigenvalue weighted by atomic mass is 10.2. The number of anilines is 1. The molecular weight excluding hydrogens is 402 g/mol. The van der Waals surface area contributed by atoms with E-state index in [0.29, 0.717) is 31.9 Å². The third-order valence-corrected chi connectivity index (χ3v) is 6.30. The SMILES string of the molecule is COc1ccc(OC)c2sc(N3CCN(C(=O)C(C)Oc4ccccc4)CC3)nc12. The minimum atomic E-state index is -0.519. The fourth-order valence-corrected chi connectivity index (χ4v) is 4.66. The van der Waals surface area contributed by atoms with Crippen molar-refractivity contribution in [2.45, 2.75) is 13.0 Å². The molecule has 30 heavy (non-hydrogen) atoms. The number of carbonyl (C=O) groups excluding carboxylic acids is 1. The Morgan fingerprint density at radius 3 is 2.33 bits per heavy atom. The summed E-state index contributed by atoms with van der Waals surface area (Å²) in [7, 11) is 3.30. The summed E-state index contributed by atoms with van der Waals surface area (Å²) in [5.41, 5.74) is 0.806. The number of methoxy groups -OCH3 is 2. The van der Waals surface area contributed by atoms with Crippen LogP contribution in [-0.4, -0.2) is 62.3 Å². The Kier molecular flexibility index (Phi) is 5.94. The Bertz CT molecular complexity index is 975. The number of amides is 1. The molecule has 4 rings (SSSR count). The number of nitrogens with zero attached hydrogens (tertiary/aromatic N) is 3. The highest BCUT2D eigenvalue weighted by molar-refractivity contribution is 7.22. The van der Waals surface area contributed by atoms with E-state index >= 15 is 0 Å². The Morgan fingerprint density at radius 2 is 1.67 bits per heavy atom. The second-order valence-corrected chi connectivity index (χ2v) is 8.01. The first kappa shape index (κ1) is 20.3. The van der Waals surface area contributed by atoms with Gasteiger partial charge in [-0.25, -0.2) is 4.98 Å². The summed E-state index contributed by atoms with van der Waals surface area (Å²) in [6, 6.07) is 13.2. The van der Waals surface area contributed by atoms with E-state index in [2.05, 4.69) is 4.90 Å². The number of hydrogen-bond donors (Lipinski definition) is 0. The van der Waals surface area contributed by atoms with Gasteiger partial charge < -0.3 is 24.0 Å². The van der Waals surface area contributed by atoms with Crippen LogP contribution in [0.5, 0.6) is 17.2 Å². The zero-order valence-electron chi connectivity index (χ0n) is 17.3. The van der Waals surface area contributed by atoms with Crippen LogP contribution >= 0.6 is 11.3 Å². The molecule has 1 saturated heterocycles. The van der Waals surface area contributed by atoms with Gasteiger partial charge >= 0.3 is 0 Å². The highest BCUT2D eigenvalue weighted by atomic mass is 32.1. The van der Waals surface area contributed by atoms with E-state index in [-0.39, 0.29) is 5.91 Å². The number of piperazine rings is 1. The summed E-state index contributed by atoms with van der Waals surface area (Å²) in [5, 5.41) is 0.911. The van der Waals surface area contributed by atoms with Gasteiger partial charge in [-0.15, -0.1) is 0 Å². The molecule has 1 amide bonds. The van der Waals surface area contributed by atoms with Crippen LogP contribution in [0.3, 0.4) is 0 Å². The molecule has 0 spiro atoms. The summed E-state index contributed by atoms with van der Waals surface area (Å²) in [4.78, 5) is 21.6. The van der Waals surface area contributed by atoms with E-state index in [9.17, 15) is 4.79 Å². The molecular formula is C22H25N3O4S. The molecule has 158 valence electrons. The van der Waals surface area contributed by atoms with Gasteiger partial charge in [-0.1, -0.05) is 29.5 Å². The predicted octanol–water partition coefficient (Wildman–Crippen LogP) is 3.43. The monoisotopic (exact) mass is 427 g/mol. The molecule has 1 fully saturated rings. The number of aromatic nitrogens is 1. The van der Waals surface area contributed by atoms with E-state index in [1.54, 1.807) is 32.5 Å². The van der Waals surface area contributed by atoms with Crippen LogP contribution in [0.4, 0.5) is 5.13 Å². The van der Waals surface area contributed by atoms with Gasteiger partial charge in [-0.05, 0) is 31.2 Å². The van der Waals surface area contributed by atoms with Gasteiger partial charge in [0.1, 0.15) is 27.5 Å². The predicted molar refractivity (Wildman–Crippen MR) is 118 cm³/mol. The Morgan fingerprint density at radius 1 is 1.00 bits per heavy atom. The van der Waals surface area contributed by atoms with Crippen molar-refractivity contribution in [3.8, 4) is 17.2 Å². The molecule has 1 unspecified atom stereocenters. The number of ether oxygens (including phenoxy) is 3. The lowest BCUT2D eigenvalue weighted by molar-refractivity contribution is -0.138. The second kappa shape index (κ2) is 8.79. The maximum absolute atomic E-state index is 12.8. The molecule has 1 aromatic heterocycles. The number of hydrogen-bond acceptors (Lipinski definition) is 7. The molecule has 1 aliphatic heterocycles. The van der Waals surface area contributed by atoms with Crippen molar-refractivity contribution in [2.75, 3.05) is 45.3 Å². The van der Waals surface area contributed by atoms with Crippen LogP contribution in [0.2, 0.25) is 0 Å². The van der Waals surface area contributed by atoms with Gasteiger partial charge in [0, 0.05) is 26.2 Å². The first-order valence-corrected chi connectivity index (χ1v) is 10.7. The van der Waals surface area contributed by atoms with Gasteiger partial charge in [0.25, 0.3) is 5.91 Å². The zero-order chi connectivity index (χ0) is 21.1. The molecule has 2 heterocycles. The zero-order valence-corrected chi connectivity index (χ0v) is 18.1. The summed E-state index contributed by atoms with van der Waals surface area (Å²) >= 11 is 1.58. The van der Waals surface area contributed by atoms with E-state index in [4.69, 9.17) is 19.2 Å². The normalized spacial score (nSPS) is 15.2. The van der Waals surface area contributed by atoms with Crippen molar-refractivity contribution >= 4 is 32.6 Å². The first-order chi connectivity index (χ1) is 14.6. The maximum atomic E-state index is 12.8. The van der Waals surface area contributed by atoms with Crippen molar-refractivity contribution in [1.29, 1.82) is 0 Å². The molecule has 1 aliphatic rings. The van der Waals surface area contributed by atoms with Crippen LogP contribution in [-0.2, 0) is 4.79 Å². The van der Waals surface area contributed by atoms with Crippen molar-refractivity contribution in [3.05, 3.63) is 42.5 Å². The number of benzene rings is 2. The van der Waals surface area contributed by atoms with Crippen LogP contribution in [0, 0.1) is 0 Å². The summed E-state index contributed by atoms with van der Waals surface area (Å²) in [6.07, 6.45) is -0.519. The molecule has 7 nitrogen and oxygen atoms in total. The third kappa shape index (κ3) is 4.00. The second-order valence-electron chi connectivity index (χ2n) is 7.03. The fraction of sp³-hybridized carbons (Fsp3) is 0.364. The topological polar surface area (TPSA) is 64.1 Å². The standard InChI is InChI=1S/C22H25N3O4S/c1-15(29-16-7-5-4-6-8-16)21(26)24-11-13-25(14-12-24)22-23-19-17(27-2)9-10-18(28-3)20(19)30-22/h4-10,15H,11-14H2,1-3H3. The van der Waals surface area contributed by atoms with Gasteiger partial charge in [0.05, 0.1) is 14.2 Å². The van der Waals surface area contributed by atoms with Crippen molar-refractivity contribution in [2.24, 2.45) is 0 Å². The average molecular weight is 428 g/mol. The molecule has 2 aromatic carbocycles. The molecule has 1 atom stereocenters. The maximum Gasteiger partial charge on any atom is 0.263 e. The minimum Gasteiger partial charge on any atom is -0.495 e. The lowest BCUT2D eigenvalue weighted by Gasteiger charge is -2.35. The largest absolute Gasteiger partial charge is 0.495 e. The summed E-state index contributed by atoms with van der Waals surface area (Å²) in [6.45, 7) is 4.49. The molecule has 0 bridgehead atoms. The number of carbonyl (C=O) groups is 1. The van der Waals surface area contributed by atoms with Crippen molar-refractivity contribution < 1.29 is 19.0 Å². The van der Waals surface area contributed by atoms with Crippen molar-refractivity contribution in [3.63, 3.8) is 0 Å². The van der Waals surface area contributed by atoms with Gasteiger partial charge in [-0.2, -0.15) is 0 Å².